The third-order valence-corrected chi connectivity index (χ3v) is 5.57. The molecular weight excluding hydrogens is 306 g/mol. The Kier molecular flexibility index (Phi) is 4.60. The van der Waals surface area contributed by atoms with Crippen LogP contribution in [-0.2, 0) is 16.0 Å². The zero-order valence-electron chi connectivity index (χ0n) is 14.2. The van der Waals surface area contributed by atoms with Crippen molar-refractivity contribution in [3.05, 3.63) is 29.8 Å². The summed E-state index contributed by atoms with van der Waals surface area (Å²) in [7, 11) is 3.83. The highest BCUT2D eigenvalue weighted by molar-refractivity contribution is 5.85. The molecule has 2 N–H and O–H groups in total. The van der Waals surface area contributed by atoms with Gasteiger partial charge < -0.3 is 14.8 Å². The molecule has 1 spiro atoms. The number of benzene rings is 1. The average molecular weight is 331 g/mol. The summed E-state index contributed by atoms with van der Waals surface area (Å²) in [6.45, 7) is 0. The number of phenols is 1. The molecule has 3 rings (SSSR count). The van der Waals surface area contributed by atoms with Gasteiger partial charge in [0.15, 0.2) is 0 Å². The fourth-order valence-electron chi connectivity index (χ4n) is 4.08. The molecule has 1 saturated carbocycles. The second-order valence-corrected chi connectivity index (χ2v) is 6.88. The third kappa shape index (κ3) is 2.80. The highest BCUT2D eigenvalue weighted by Gasteiger charge is 2.54. The zero-order chi connectivity index (χ0) is 17.3. The van der Waals surface area contributed by atoms with Crippen LogP contribution in [-0.4, -0.2) is 59.1 Å². The topological polar surface area (TPSA) is 72.9 Å². The highest BCUT2D eigenvalue weighted by Crippen LogP contribution is 2.42. The molecule has 2 atom stereocenters. The number of hydrogen-bond acceptors (Lipinski definition) is 5. The van der Waals surface area contributed by atoms with Crippen molar-refractivity contribution in [3.63, 3.8) is 0 Å². The summed E-state index contributed by atoms with van der Waals surface area (Å²) in [5, 5.41) is 12.6. The molecule has 1 saturated heterocycles. The maximum atomic E-state index is 12.7. The minimum Gasteiger partial charge on any atom is -0.508 e. The first-order valence-corrected chi connectivity index (χ1v) is 8.48. The Morgan fingerprint density at radius 3 is 2.50 bits per heavy atom. The lowest BCUT2D eigenvalue weighted by molar-refractivity contribution is -0.131. The molecule has 0 bridgehead atoms. The van der Waals surface area contributed by atoms with Crippen molar-refractivity contribution in [1.82, 2.24) is 15.1 Å². The normalized spacial score (nSPS) is 24.7. The second-order valence-electron chi connectivity index (χ2n) is 6.88. The number of aromatic hydroxyl groups is 1. The van der Waals surface area contributed by atoms with Gasteiger partial charge in [0, 0.05) is 7.05 Å². The monoisotopic (exact) mass is 331 g/mol. The van der Waals surface area contributed by atoms with Crippen molar-refractivity contribution in [2.75, 3.05) is 14.1 Å². The highest BCUT2D eigenvalue weighted by atomic mass is 16.3. The fourth-order valence-corrected chi connectivity index (χ4v) is 4.08. The molecule has 1 heterocycles. The van der Waals surface area contributed by atoms with Gasteiger partial charge in [-0.05, 0) is 56.8 Å². The van der Waals surface area contributed by atoms with E-state index in [1.165, 1.54) is 0 Å². The van der Waals surface area contributed by atoms with Crippen LogP contribution in [0.3, 0.4) is 0 Å². The maximum Gasteiger partial charge on any atom is 0.256 e. The van der Waals surface area contributed by atoms with Gasteiger partial charge in [0.05, 0.1) is 11.7 Å². The Labute approximate surface area is 142 Å². The summed E-state index contributed by atoms with van der Waals surface area (Å²) < 4.78 is 0. The minimum absolute atomic E-state index is 0.0250. The number of aldehydes is 1. The molecule has 0 radical (unpaired) electrons. The number of nitrogens with one attached hydrogen (secondary N) is 1. The van der Waals surface area contributed by atoms with E-state index in [0.29, 0.717) is 6.42 Å². The molecule has 130 valence electrons. The lowest BCUT2D eigenvalue weighted by Gasteiger charge is -2.38. The van der Waals surface area contributed by atoms with Crippen molar-refractivity contribution in [2.24, 2.45) is 0 Å². The predicted octanol–water partition coefficient (Wildman–Crippen LogP) is 1.09. The molecule has 1 aromatic carbocycles. The number of likely N-dealkylation sites (N-methyl/N-ethyl adjacent to an activating group) is 2. The molecule has 1 aliphatic carbocycles. The predicted molar refractivity (Wildman–Crippen MR) is 90.3 cm³/mol. The maximum absolute atomic E-state index is 12.7. The minimum atomic E-state index is -0.472. The van der Waals surface area contributed by atoms with Gasteiger partial charge in [0.1, 0.15) is 18.2 Å². The van der Waals surface area contributed by atoms with Gasteiger partial charge in [-0.15, -0.1) is 0 Å². The Morgan fingerprint density at radius 1 is 1.29 bits per heavy atom. The van der Waals surface area contributed by atoms with Gasteiger partial charge in [-0.3, -0.25) is 15.0 Å². The van der Waals surface area contributed by atoms with E-state index in [9.17, 15) is 14.7 Å². The third-order valence-electron chi connectivity index (χ3n) is 5.57. The average Bonchev–Trinajstić information content (AvgIpc) is 3.14. The number of phenolic OH excluding ortho intramolecular Hbond substituents is 1. The van der Waals surface area contributed by atoms with E-state index in [1.54, 1.807) is 24.3 Å². The van der Waals surface area contributed by atoms with Gasteiger partial charge in [0.2, 0.25) is 0 Å². The second kappa shape index (κ2) is 6.53. The van der Waals surface area contributed by atoms with E-state index < -0.39 is 12.2 Å². The Hall–Kier alpha value is -1.92. The molecule has 6 nitrogen and oxygen atoms in total. The molecule has 1 amide bonds. The van der Waals surface area contributed by atoms with E-state index in [-0.39, 0.29) is 17.3 Å². The van der Waals surface area contributed by atoms with Crippen molar-refractivity contribution in [3.8, 4) is 5.75 Å². The van der Waals surface area contributed by atoms with E-state index in [0.717, 1.165) is 37.5 Å². The molecule has 1 aliphatic heterocycles. The summed E-state index contributed by atoms with van der Waals surface area (Å²) in [5.41, 5.74) is 0.732. The summed E-state index contributed by atoms with van der Waals surface area (Å²) >= 11 is 0. The van der Waals surface area contributed by atoms with Crippen LogP contribution in [0.4, 0.5) is 0 Å². The SMILES string of the molecule is CN1C(=O)[C@H](N[C@H](C=O)Cc2ccc(O)cc2)N(C)C12CCCC2. The summed E-state index contributed by atoms with van der Waals surface area (Å²) in [5.74, 6) is 0.224. The lowest BCUT2D eigenvalue weighted by Crippen LogP contribution is -2.54. The van der Waals surface area contributed by atoms with Gasteiger partial charge in [-0.25, -0.2) is 0 Å². The van der Waals surface area contributed by atoms with E-state index >= 15 is 0 Å². The molecule has 6 heteroatoms. The molecule has 2 fully saturated rings. The van der Waals surface area contributed by atoms with Crippen LogP contribution < -0.4 is 5.32 Å². The molecule has 1 aromatic rings. The first-order chi connectivity index (χ1) is 11.5. The number of hydrogen-bond donors (Lipinski definition) is 2. The van der Waals surface area contributed by atoms with E-state index in [1.807, 2.05) is 19.0 Å². The number of rotatable bonds is 5. The first kappa shape index (κ1) is 16.9. The van der Waals surface area contributed by atoms with Gasteiger partial charge in [-0.1, -0.05) is 12.1 Å². The molecular formula is C18H25N3O3. The smallest absolute Gasteiger partial charge is 0.256 e. The first-order valence-electron chi connectivity index (χ1n) is 8.48. The van der Waals surface area contributed by atoms with Gasteiger partial charge >= 0.3 is 0 Å². The van der Waals surface area contributed by atoms with E-state index in [4.69, 9.17) is 0 Å². The van der Waals surface area contributed by atoms with Crippen LogP contribution in [0.15, 0.2) is 24.3 Å². The lowest BCUT2D eigenvalue weighted by atomic mass is 10.1. The number of amides is 1. The number of nitrogens with zero attached hydrogens (tertiary/aromatic N) is 2. The van der Waals surface area contributed by atoms with Crippen LogP contribution >= 0.6 is 0 Å². The van der Waals surface area contributed by atoms with Crippen molar-refractivity contribution in [2.45, 2.75) is 50.0 Å². The summed E-state index contributed by atoms with van der Waals surface area (Å²) in [4.78, 5) is 28.2. The van der Waals surface area contributed by atoms with Crippen LogP contribution in [0.25, 0.3) is 0 Å². The molecule has 0 unspecified atom stereocenters. The zero-order valence-corrected chi connectivity index (χ0v) is 14.2. The van der Waals surface area contributed by atoms with Crippen LogP contribution in [0.2, 0.25) is 0 Å². The Bertz CT molecular complexity index is 610. The number of carbonyl (C=O) groups excluding carboxylic acids is 2. The number of carbonyl (C=O) groups is 2. The van der Waals surface area contributed by atoms with Crippen LogP contribution in [0, 0.1) is 0 Å². The molecule has 24 heavy (non-hydrogen) atoms. The van der Waals surface area contributed by atoms with Crippen molar-refractivity contribution in [1.29, 1.82) is 0 Å². The largest absolute Gasteiger partial charge is 0.508 e. The fraction of sp³-hybridized carbons (Fsp3) is 0.556. The van der Waals surface area contributed by atoms with Gasteiger partial charge in [0.25, 0.3) is 5.91 Å². The summed E-state index contributed by atoms with van der Waals surface area (Å²) in [6.07, 6.45) is 5.08. The van der Waals surface area contributed by atoms with Gasteiger partial charge in [-0.2, -0.15) is 0 Å². The standard InChI is InChI=1S/C18H25N3O3/c1-20-16(17(24)21(2)18(20)9-3-4-10-18)19-14(12-22)11-13-5-7-15(23)8-6-13/h5-8,12,14,16,19,23H,3-4,9-11H2,1-2H3/t14-,16+/m0/s1. The Morgan fingerprint density at radius 2 is 1.92 bits per heavy atom. The van der Waals surface area contributed by atoms with Crippen molar-refractivity contribution >= 4 is 12.2 Å². The molecule has 2 aliphatic rings. The quantitative estimate of drug-likeness (QED) is 0.790. The van der Waals surface area contributed by atoms with Crippen LogP contribution in [0.5, 0.6) is 5.75 Å². The van der Waals surface area contributed by atoms with Crippen molar-refractivity contribution < 1.29 is 14.7 Å². The summed E-state index contributed by atoms with van der Waals surface area (Å²) in [6, 6.07) is 6.34. The Balaban J connectivity index is 1.72. The van der Waals surface area contributed by atoms with E-state index in [2.05, 4.69) is 10.2 Å². The van der Waals surface area contributed by atoms with Crippen LogP contribution in [0.1, 0.15) is 31.2 Å². The molecule has 0 aromatic heterocycles.